The smallest absolute Gasteiger partial charge is 0.186 e. The van der Waals surface area contributed by atoms with Gasteiger partial charge in [0.05, 0.1) is 16.5 Å². The highest BCUT2D eigenvalue weighted by Gasteiger charge is 2.23. The Kier molecular flexibility index (Phi) is 3.93. The van der Waals surface area contributed by atoms with Crippen LogP contribution in [0.4, 0.5) is 10.9 Å². The van der Waals surface area contributed by atoms with Crippen molar-refractivity contribution in [2.45, 2.75) is 20.4 Å². The summed E-state index contributed by atoms with van der Waals surface area (Å²) in [6.45, 7) is 8.75. The molecule has 8 heteroatoms. The van der Waals surface area contributed by atoms with Crippen LogP contribution in [0, 0.1) is 6.92 Å². The number of fused-ring (bicyclic) bond motifs is 2. The summed E-state index contributed by atoms with van der Waals surface area (Å²) in [5.41, 5.74) is 4.17. The van der Waals surface area contributed by atoms with Crippen molar-refractivity contribution in [1.82, 2.24) is 24.5 Å². The summed E-state index contributed by atoms with van der Waals surface area (Å²) >= 11 is 1.78. The van der Waals surface area contributed by atoms with Gasteiger partial charge >= 0.3 is 0 Å². The second-order valence-corrected chi connectivity index (χ2v) is 7.80. The number of hydrogen-bond acceptors (Lipinski definition) is 7. The summed E-state index contributed by atoms with van der Waals surface area (Å²) in [5.74, 6) is 0.937. The number of hydrogen-bond donors (Lipinski definition) is 0. The van der Waals surface area contributed by atoms with Crippen molar-refractivity contribution in [3.8, 4) is 0 Å². The van der Waals surface area contributed by atoms with E-state index in [1.165, 1.54) is 10.3 Å². The number of thiazole rings is 1. The number of aryl methyl sites for hydroxylation is 2. The molecule has 0 unspecified atom stereocenters. The molecule has 7 nitrogen and oxygen atoms in total. The van der Waals surface area contributed by atoms with Gasteiger partial charge in [0.25, 0.3) is 0 Å². The Morgan fingerprint density at radius 1 is 1.00 bits per heavy atom. The first-order valence-corrected chi connectivity index (χ1v) is 10.1. The number of anilines is 2. The monoisotopic (exact) mass is 379 g/mol. The molecule has 5 rings (SSSR count). The molecule has 138 valence electrons. The predicted octanol–water partition coefficient (Wildman–Crippen LogP) is 3.09. The zero-order valence-corrected chi connectivity index (χ0v) is 16.3. The Bertz CT molecular complexity index is 1110. The minimum Gasteiger partial charge on any atom is -0.351 e. The van der Waals surface area contributed by atoms with Gasteiger partial charge in [-0.2, -0.15) is 0 Å². The van der Waals surface area contributed by atoms with E-state index in [0.717, 1.165) is 60.4 Å². The highest BCUT2D eigenvalue weighted by Crippen LogP contribution is 2.31. The molecule has 0 spiro atoms. The minimum absolute atomic E-state index is 0.859. The molecule has 0 radical (unpaired) electrons. The molecule has 0 atom stereocenters. The second-order valence-electron chi connectivity index (χ2n) is 6.79. The van der Waals surface area contributed by atoms with Gasteiger partial charge in [0.15, 0.2) is 22.1 Å². The van der Waals surface area contributed by atoms with E-state index in [4.69, 9.17) is 4.98 Å². The molecule has 3 aromatic heterocycles. The highest BCUT2D eigenvalue weighted by molar-refractivity contribution is 7.22. The Morgan fingerprint density at radius 2 is 1.81 bits per heavy atom. The normalized spacial score (nSPS) is 15.2. The van der Waals surface area contributed by atoms with Crippen LogP contribution in [0.3, 0.4) is 0 Å². The molecule has 0 bridgehead atoms. The lowest BCUT2D eigenvalue weighted by Crippen LogP contribution is -2.46. The van der Waals surface area contributed by atoms with E-state index in [1.807, 2.05) is 6.33 Å². The SMILES string of the molecule is CCn1cnc2c(N3CCN(c4nc5c(C)cccc5s4)CC3)ncnc21. The Labute approximate surface area is 161 Å². The molecular formula is C19H21N7S. The van der Waals surface area contributed by atoms with Gasteiger partial charge in [-0.1, -0.05) is 23.5 Å². The molecule has 4 heterocycles. The van der Waals surface area contributed by atoms with Crippen LogP contribution in [0.5, 0.6) is 0 Å². The lowest BCUT2D eigenvalue weighted by atomic mass is 10.2. The van der Waals surface area contributed by atoms with E-state index < -0.39 is 0 Å². The van der Waals surface area contributed by atoms with Crippen molar-refractivity contribution < 1.29 is 0 Å². The summed E-state index contributed by atoms with van der Waals surface area (Å²) < 4.78 is 3.32. The van der Waals surface area contributed by atoms with Crippen LogP contribution in [0.1, 0.15) is 12.5 Å². The number of nitrogens with zero attached hydrogens (tertiary/aromatic N) is 7. The van der Waals surface area contributed by atoms with Gasteiger partial charge in [-0.05, 0) is 25.5 Å². The molecule has 1 aliphatic rings. The molecule has 0 saturated carbocycles. The first-order valence-electron chi connectivity index (χ1n) is 9.26. The Hall–Kier alpha value is -2.74. The van der Waals surface area contributed by atoms with Gasteiger partial charge in [0.2, 0.25) is 0 Å². The fourth-order valence-corrected chi connectivity index (χ4v) is 4.75. The number of piperazine rings is 1. The number of para-hydroxylation sites is 1. The quantitative estimate of drug-likeness (QED) is 0.545. The van der Waals surface area contributed by atoms with Crippen LogP contribution in [-0.2, 0) is 6.54 Å². The summed E-state index contributed by atoms with van der Waals surface area (Å²) in [5, 5.41) is 1.11. The maximum Gasteiger partial charge on any atom is 0.186 e. The number of benzene rings is 1. The second kappa shape index (κ2) is 6.45. The Balaban J connectivity index is 1.38. The van der Waals surface area contributed by atoms with Gasteiger partial charge in [0, 0.05) is 32.7 Å². The summed E-state index contributed by atoms with van der Waals surface area (Å²) in [7, 11) is 0. The fraction of sp³-hybridized carbons (Fsp3) is 0.368. The topological polar surface area (TPSA) is 63.0 Å². The Morgan fingerprint density at radius 3 is 2.59 bits per heavy atom. The van der Waals surface area contributed by atoms with Crippen molar-refractivity contribution in [1.29, 1.82) is 0 Å². The van der Waals surface area contributed by atoms with E-state index in [2.05, 4.69) is 61.4 Å². The standard InChI is InChI=1S/C19H21N7S/c1-3-24-12-22-16-17(24)20-11-21-18(16)25-7-9-26(10-8-25)19-23-15-13(2)5-4-6-14(15)27-19/h4-6,11-12H,3,7-10H2,1-2H3. The largest absolute Gasteiger partial charge is 0.351 e. The van der Waals surface area contributed by atoms with Gasteiger partial charge < -0.3 is 14.4 Å². The molecule has 0 amide bonds. The minimum atomic E-state index is 0.859. The zero-order chi connectivity index (χ0) is 18.4. The maximum atomic E-state index is 4.88. The van der Waals surface area contributed by atoms with Crippen molar-refractivity contribution in [3.63, 3.8) is 0 Å². The molecule has 1 aromatic carbocycles. The molecule has 1 saturated heterocycles. The average Bonchev–Trinajstić information content (AvgIpc) is 3.33. The lowest BCUT2D eigenvalue weighted by molar-refractivity contribution is 0.647. The van der Waals surface area contributed by atoms with Crippen LogP contribution in [0.25, 0.3) is 21.4 Å². The number of aromatic nitrogens is 5. The molecule has 27 heavy (non-hydrogen) atoms. The van der Waals surface area contributed by atoms with E-state index in [-0.39, 0.29) is 0 Å². The maximum absolute atomic E-state index is 4.88. The van der Waals surface area contributed by atoms with E-state index in [0.29, 0.717) is 0 Å². The summed E-state index contributed by atoms with van der Waals surface area (Å²) in [6.07, 6.45) is 3.50. The van der Waals surface area contributed by atoms with E-state index in [9.17, 15) is 0 Å². The third kappa shape index (κ3) is 2.71. The van der Waals surface area contributed by atoms with Gasteiger partial charge in [-0.3, -0.25) is 0 Å². The van der Waals surface area contributed by atoms with Crippen LogP contribution in [0.2, 0.25) is 0 Å². The molecule has 0 N–H and O–H groups in total. The molecule has 0 aliphatic carbocycles. The fourth-order valence-electron chi connectivity index (χ4n) is 3.65. The first kappa shape index (κ1) is 16.4. The average molecular weight is 379 g/mol. The van der Waals surface area contributed by atoms with Crippen LogP contribution < -0.4 is 9.80 Å². The van der Waals surface area contributed by atoms with Crippen LogP contribution >= 0.6 is 11.3 Å². The lowest BCUT2D eigenvalue weighted by Gasteiger charge is -2.35. The summed E-state index contributed by atoms with van der Waals surface area (Å²) in [6, 6.07) is 6.38. The van der Waals surface area contributed by atoms with Crippen LogP contribution in [0.15, 0.2) is 30.9 Å². The number of rotatable bonds is 3. The third-order valence-corrected chi connectivity index (χ3v) is 6.26. The van der Waals surface area contributed by atoms with Crippen molar-refractivity contribution in [2.24, 2.45) is 0 Å². The van der Waals surface area contributed by atoms with Crippen molar-refractivity contribution >= 4 is 43.7 Å². The van der Waals surface area contributed by atoms with Gasteiger partial charge in [-0.25, -0.2) is 19.9 Å². The first-order chi connectivity index (χ1) is 13.2. The predicted molar refractivity (Wildman–Crippen MR) is 110 cm³/mol. The molecule has 4 aromatic rings. The van der Waals surface area contributed by atoms with Gasteiger partial charge in [-0.15, -0.1) is 0 Å². The highest BCUT2D eigenvalue weighted by atomic mass is 32.1. The van der Waals surface area contributed by atoms with Gasteiger partial charge in [0.1, 0.15) is 6.33 Å². The van der Waals surface area contributed by atoms with Crippen molar-refractivity contribution in [3.05, 3.63) is 36.4 Å². The summed E-state index contributed by atoms with van der Waals surface area (Å²) in [4.78, 5) is 23.1. The number of imidazole rings is 1. The molecule has 1 fully saturated rings. The molecular weight excluding hydrogens is 358 g/mol. The third-order valence-electron chi connectivity index (χ3n) is 5.18. The van der Waals surface area contributed by atoms with E-state index in [1.54, 1.807) is 17.7 Å². The van der Waals surface area contributed by atoms with E-state index >= 15 is 0 Å². The van der Waals surface area contributed by atoms with Crippen LogP contribution in [-0.4, -0.2) is 50.7 Å². The zero-order valence-electron chi connectivity index (χ0n) is 15.5. The van der Waals surface area contributed by atoms with Crippen molar-refractivity contribution in [2.75, 3.05) is 36.0 Å². The molecule has 1 aliphatic heterocycles.